The van der Waals surface area contributed by atoms with Crippen LogP contribution in [0, 0.1) is 10.8 Å². The van der Waals surface area contributed by atoms with Gasteiger partial charge in [0.25, 0.3) is 0 Å². The number of amides is 4. The van der Waals surface area contributed by atoms with E-state index in [2.05, 4.69) is 10.6 Å². The van der Waals surface area contributed by atoms with E-state index >= 15 is 9.59 Å². The number of ketones is 2. The summed E-state index contributed by atoms with van der Waals surface area (Å²) in [5.74, 6) is -2.26. The van der Waals surface area contributed by atoms with Gasteiger partial charge in [0.2, 0.25) is 11.8 Å². The van der Waals surface area contributed by atoms with E-state index in [0.717, 1.165) is 11.3 Å². The van der Waals surface area contributed by atoms with Crippen molar-refractivity contribution in [1.29, 1.82) is 0 Å². The minimum Gasteiger partial charge on any atom is -0.444 e. The summed E-state index contributed by atoms with van der Waals surface area (Å²) >= 11 is 0. The van der Waals surface area contributed by atoms with Gasteiger partial charge in [-0.1, -0.05) is 112 Å². The molecule has 0 saturated heterocycles. The number of nitrogens with two attached hydrogens (primary N) is 1. The molecule has 2 aliphatic rings. The van der Waals surface area contributed by atoms with Crippen LogP contribution in [0.2, 0.25) is 0 Å². The minimum atomic E-state index is -1.41. The highest BCUT2D eigenvalue weighted by atomic mass is 16.6. The number of nitrogens with zero attached hydrogens (tertiary/aromatic N) is 4. The molecule has 0 spiro atoms. The third kappa shape index (κ3) is 11.3. The Hall–Kier alpha value is -7.16. The number of benzene rings is 5. The van der Waals surface area contributed by atoms with Gasteiger partial charge in [0.05, 0.1) is 29.9 Å². The Balaban J connectivity index is 1.33. The Morgan fingerprint density at radius 1 is 0.671 bits per heavy atom. The molecule has 0 fully saturated rings. The summed E-state index contributed by atoms with van der Waals surface area (Å²) in [5, 5.41) is 5.79. The topological polar surface area (TPSA) is 171 Å². The summed E-state index contributed by atoms with van der Waals surface area (Å²) in [5.41, 5.74) is 8.00. The van der Waals surface area contributed by atoms with Gasteiger partial charge >= 0.3 is 12.0 Å². The van der Waals surface area contributed by atoms with Crippen LogP contribution in [-0.4, -0.2) is 91.8 Å². The van der Waals surface area contributed by atoms with Gasteiger partial charge in [-0.25, -0.2) is 14.1 Å². The van der Waals surface area contributed by atoms with E-state index in [-0.39, 0.29) is 50.7 Å². The van der Waals surface area contributed by atoms with Crippen LogP contribution in [-0.2, 0) is 35.1 Å². The number of para-hydroxylation sites is 6. The number of alkyl carbamates (subject to hydrolysis) is 1. The lowest BCUT2D eigenvalue weighted by atomic mass is 9.83. The van der Waals surface area contributed by atoms with E-state index in [9.17, 15) is 19.2 Å². The Labute approximate surface area is 411 Å². The summed E-state index contributed by atoms with van der Waals surface area (Å²) in [6.07, 6.45) is -0.737. The van der Waals surface area contributed by atoms with Gasteiger partial charge < -0.3 is 35.8 Å². The second-order valence-electron chi connectivity index (χ2n) is 21.0. The first-order chi connectivity index (χ1) is 33.1. The van der Waals surface area contributed by atoms with Gasteiger partial charge in [-0.15, -0.1) is 0 Å². The zero-order valence-corrected chi connectivity index (χ0v) is 41.5. The number of hydrogen-bond acceptors (Lipinski definition) is 10. The summed E-state index contributed by atoms with van der Waals surface area (Å²) in [6.45, 7) is 13.1. The molecule has 14 nitrogen and oxygen atoms in total. The van der Waals surface area contributed by atoms with Crippen molar-refractivity contribution in [3.63, 3.8) is 0 Å². The summed E-state index contributed by atoms with van der Waals surface area (Å²) in [6, 6.07) is 39.4. The summed E-state index contributed by atoms with van der Waals surface area (Å²) in [7, 11) is 0. The van der Waals surface area contributed by atoms with Crippen LogP contribution in [0.25, 0.3) is 0 Å². The molecule has 14 heteroatoms. The standard InChI is InChI=1S/C56H65N7O7/c1-54(2,3)49(65)36-63(37-56(7,8)48(64)35-62-45-29-19-18-28-44(45)60(33-41(57)51(62)67)39-24-14-10-15-25-39)47-31-21-20-30-46(47)61(40-26-16-11-17-27-40)34-43(52(63)68)58-50(66)42(32-38-22-12-9-13-23-38)59-53(69)70-55(4,5)6/h9-31,41-43H,32-37,57H2,1-8H3,(H-,58,59,66,69)/p+1/t41?,42-,43?,63?/m0/s1. The summed E-state index contributed by atoms with van der Waals surface area (Å²) in [4.78, 5) is 94.2. The molecular weight excluding hydrogens is 883 g/mol. The van der Waals surface area contributed by atoms with Gasteiger partial charge in [-0.3, -0.25) is 19.2 Å². The summed E-state index contributed by atoms with van der Waals surface area (Å²) < 4.78 is 4.94. The van der Waals surface area contributed by atoms with Crippen LogP contribution >= 0.6 is 0 Å². The molecule has 366 valence electrons. The molecule has 0 radical (unpaired) electrons. The molecule has 2 aliphatic heterocycles. The SMILES string of the molecule is CC(C)(C)OC(=O)N[C@@H](Cc1ccccc1)C(=O)NC1CN(c2ccccc2)c2ccccc2[N+](CC(=O)C(C)(C)C)(CC(C)(C)C(=O)CN2C(=O)C(N)CN(c3ccccc3)c3ccccc32)C1=O. The van der Waals surface area contributed by atoms with Crippen LogP contribution in [0.3, 0.4) is 0 Å². The lowest BCUT2D eigenvalue weighted by molar-refractivity contribution is -0.142. The number of carbonyl (C=O) groups excluding carboxylic acids is 6. The molecule has 0 saturated carbocycles. The number of nitrogens with one attached hydrogen (secondary N) is 2. The molecule has 0 bridgehead atoms. The molecule has 5 aromatic rings. The maximum absolute atomic E-state index is 16.2. The number of Topliss-reactive ketones (excluding diaryl/α,β-unsaturated/α-hetero) is 2. The average molecular weight is 949 g/mol. The number of quaternary nitrogens is 1. The highest BCUT2D eigenvalue weighted by Crippen LogP contribution is 2.45. The lowest BCUT2D eigenvalue weighted by Gasteiger charge is -2.42. The van der Waals surface area contributed by atoms with Crippen molar-refractivity contribution < 1.29 is 33.5 Å². The second kappa shape index (κ2) is 20.4. The molecular formula is C56H66N7O7+. The van der Waals surface area contributed by atoms with Crippen LogP contribution < -0.4 is 35.6 Å². The second-order valence-corrected chi connectivity index (χ2v) is 21.0. The quantitative estimate of drug-likeness (QED) is 0.0927. The number of ether oxygens (including phenoxy) is 1. The number of rotatable bonds is 14. The molecule has 70 heavy (non-hydrogen) atoms. The first-order valence-corrected chi connectivity index (χ1v) is 23.8. The van der Waals surface area contributed by atoms with Crippen molar-refractivity contribution in [3.05, 3.63) is 145 Å². The van der Waals surface area contributed by atoms with E-state index in [1.165, 1.54) is 4.90 Å². The van der Waals surface area contributed by atoms with Gasteiger partial charge in [0, 0.05) is 35.8 Å². The molecule has 3 unspecified atom stereocenters. The van der Waals surface area contributed by atoms with Gasteiger partial charge in [-0.2, -0.15) is 0 Å². The average Bonchev–Trinajstić information content (AvgIpc) is 3.48. The third-order valence-corrected chi connectivity index (χ3v) is 12.9. The maximum atomic E-state index is 16.2. The van der Waals surface area contributed by atoms with Crippen molar-refractivity contribution in [2.24, 2.45) is 16.6 Å². The van der Waals surface area contributed by atoms with Crippen LogP contribution in [0.4, 0.5) is 38.9 Å². The van der Waals surface area contributed by atoms with Crippen molar-refractivity contribution >= 4 is 69.5 Å². The molecule has 0 aromatic heterocycles. The van der Waals surface area contributed by atoms with Crippen LogP contribution in [0.1, 0.15) is 61.0 Å². The van der Waals surface area contributed by atoms with Crippen molar-refractivity contribution in [1.82, 2.24) is 15.1 Å². The van der Waals surface area contributed by atoms with E-state index in [1.807, 2.05) is 125 Å². The number of fused-ring (bicyclic) bond motifs is 2. The highest BCUT2D eigenvalue weighted by molar-refractivity contribution is 6.08. The molecule has 4 amide bonds. The third-order valence-electron chi connectivity index (χ3n) is 12.9. The molecule has 2 heterocycles. The normalized spacial score (nSPS) is 19.0. The smallest absolute Gasteiger partial charge is 0.408 e. The molecule has 4 atom stereocenters. The predicted molar refractivity (Wildman–Crippen MR) is 275 cm³/mol. The Morgan fingerprint density at radius 2 is 1.19 bits per heavy atom. The monoisotopic (exact) mass is 949 g/mol. The van der Waals surface area contributed by atoms with Gasteiger partial charge in [0.1, 0.15) is 29.9 Å². The molecule has 4 N–H and O–H groups in total. The maximum Gasteiger partial charge on any atom is 0.408 e. The van der Waals surface area contributed by atoms with Crippen molar-refractivity contribution in [2.45, 2.75) is 85.5 Å². The van der Waals surface area contributed by atoms with Crippen LogP contribution in [0.5, 0.6) is 0 Å². The van der Waals surface area contributed by atoms with E-state index in [0.29, 0.717) is 28.4 Å². The van der Waals surface area contributed by atoms with Gasteiger partial charge in [0.15, 0.2) is 29.8 Å². The number of carbonyl (C=O) groups is 6. The lowest BCUT2D eigenvalue weighted by Crippen LogP contribution is -2.68. The Kier molecular flexibility index (Phi) is 14.8. The van der Waals surface area contributed by atoms with E-state index in [1.54, 1.807) is 79.7 Å². The molecule has 5 aromatic carbocycles. The van der Waals surface area contributed by atoms with Gasteiger partial charge in [-0.05, 0) is 82.6 Å². The zero-order valence-electron chi connectivity index (χ0n) is 41.5. The Bertz CT molecular complexity index is 2720. The number of anilines is 5. The van der Waals surface area contributed by atoms with Crippen molar-refractivity contribution in [3.8, 4) is 0 Å². The zero-order chi connectivity index (χ0) is 50.6. The fraction of sp³-hybridized carbons (Fsp3) is 0.357. The predicted octanol–water partition coefficient (Wildman–Crippen LogP) is 8.02. The Morgan fingerprint density at radius 3 is 1.76 bits per heavy atom. The number of hydrogen-bond donors (Lipinski definition) is 3. The molecule has 0 aliphatic carbocycles. The molecule has 7 rings (SSSR count). The largest absolute Gasteiger partial charge is 0.444 e. The first-order valence-electron chi connectivity index (χ1n) is 23.8. The van der Waals surface area contributed by atoms with Crippen LogP contribution in [0.15, 0.2) is 140 Å². The fourth-order valence-corrected chi connectivity index (χ4v) is 9.18. The minimum absolute atomic E-state index is 0.0664. The van der Waals surface area contributed by atoms with Crippen molar-refractivity contribution in [2.75, 3.05) is 47.4 Å². The van der Waals surface area contributed by atoms with E-state index < -0.39 is 62.9 Å². The fourth-order valence-electron chi connectivity index (χ4n) is 9.18. The highest BCUT2D eigenvalue weighted by Gasteiger charge is 2.55. The van der Waals surface area contributed by atoms with E-state index in [4.69, 9.17) is 10.5 Å². The first kappa shape index (κ1) is 50.7.